The first-order valence-electron chi connectivity index (χ1n) is 15.7. The van der Waals surface area contributed by atoms with Gasteiger partial charge in [0.1, 0.15) is 0 Å². The zero-order valence-electron chi connectivity index (χ0n) is 26.4. The van der Waals surface area contributed by atoms with Crippen LogP contribution in [0.1, 0.15) is 5.48 Å². The van der Waals surface area contributed by atoms with Gasteiger partial charge in [-0.25, -0.2) is 0 Å². The molecule has 0 heterocycles. The van der Waals surface area contributed by atoms with Crippen molar-refractivity contribution in [3.05, 3.63) is 176 Å². The number of hydrogen-bond donors (Lipinski definition) is 0. The SMILES string of the molecule is [2H]c1c([2H])c(N(c2cccc(-c3cccc4ccccc34)c2)c2ccccc2-c2ccccc2)c([2H])c([2H])c1-c1ccccc1. The Bertz CT molecular complexity index is 2130. The molecule has 7 aromatic rings. The Balaban J connectivity index is 1.51. The monoisotopic (exact) mass is 527 g/mol. The van der Waals surface area contributed by atoms with Crippen LogP contribution in [0.2, 0.25) is 0 Å². The lowest BCUT2D eigenvalue weighted by Crippen LogP contribution is -2.11. The number of para-hydroxylation sites is 1. The summed E-state index contributed by atoms with van der Waals surface area (Å²) in [5.41, 5.74) is 6.59. The number of nitrogens with zero attached hydrogens (tertiary/aromatic N) is 1. The molecule has 0 aromatic heterocycles. The molecular weight excluding hydrogens is 494 g/mol. The van der Waals surface area contributed by atoms with Gasteiger partial charge in [-0.15, -0.1) is 0 Å². The molecule has 7 aromatic carbocycles. The summed E-state index contributed by atoms with van der Waals surface area (Å²) in [6.45, 7) is 0. The van der Waals surface area contributed by atoms with Gasteiger partial charge in [0.15, 0.2) is 0 Å². The van der Waals surface area contributed by atoms with Crippen molar-refractivity contribution in [3.63, 3.8) is 0 Å². The summed E-state index contributed by atoms with van der Waals surface area (Å²) in [5.74, 6) is 0. The molecule has 0 radical (unpaired) electrons. The van der Waals surface area contributed by atoms with Gasteiger partial charge in [0.2, 0.25) is 0 Å². The van der Waals surface area contributed by atoms with Crippen molar-refractivity contribution in [2.45, 2.75) is 0 Å². The maximum atomic E-state index is 9.32. The first-order chi connectivity index (χ1) is 22.0. The lowest BCUT2D eigenvalue weighted by atomic mass is 9.97. The first-order valence-corrected chi connectivity index (χ1v) is 13.7. The third-order valence-corrected chi connectivity index (χ3v) is 7.33. The van der Waals surface area contributed by atoms with E-state index >= 15 is 0 Å². The second-order valence-electron chi connectivity index (χ2n) is 9.89. The van der Waals surface area contributed by atoms with Crippen molar-refractivity contribution >= 4 is 27.8 Å². The van der Waals surface area contributed by atoms with E-state index in [0.717, 1.165) is 44.4 Å². The van der Waals surface area contributed by atoms with E-state index in [1.807, 2.05) is 114 Å². The highest BCUT2D eigenvalue weighted by Gasteiger charge is 2.18. The molecule has 0 saturated heterocycles. The molecule has 0 saturated carbocycles. The van der Waals surface area contributed by atoms with Gasteiger partial charge in [-0.3, -0.25) is 0 Å². The van der Waals surface area contributed by atoms with E-state index < -0.39 is 0 Å². The lowest BCUT2D eigenvalue weighted by molar-refractivity contribution is 1.28. The molecule has 0 bridgehead atoms. The van der Waals surface area contributed by atoms with Crippen LogP contribution in [0.4, 0.5) is 17.1 Å². The summed E-state index contributed by atoms with van der Waals surface area (Å²) < 4.78 is 36.8. The smallest absolute Gasteiger partial charge is 0.0645 e. The molecule has 0 unspecified atom stereocenters. The van der Waals surface area contributed by atoms with Gasteiger partial charge in [-0.2, -0.15) is 0 Å². The molecule has 194 valence electrons. The first kappa shape index (κ1) is 20.5. The molecule has 1 heteroatoms. The van der Waals surface area contributed by atoms with Crippen molar-refractivity contribution in [1.29, 1.82) is 0 Å². The molecule has 41 heavy (non-hydrogen) atoms. The van der Waals surface area contributed by atoms with Gasteiger partial charge in [-0.05, 0) is 68.9 Å². The highest BCUT2D eigenvalue weighted by atomic mass is 15.1. The van der Waals surface area contributed by atoms with Crippen molar-refractivity contribution in [2.24, 2.45) is 0 Å². The van der Waals surface area contributed by atoms with Gasteiger partial charge in [0.05, 0.1) is 11.2 Å². The fourth-order valence-electron chi connectivity index (χ4n) is 5.38. The molecule has 0 aliphatic rings. The maximum absolute atomic E-state index is 9.32. The van der Waals surface area contributed by atoms with Crippen LogP contribution in [0.3, 0.4) is 0 Å². The van der Waals surface area contributed by atoms with E-state index in [1.54, 1.807) is 0 Å². The van der Waals surface area contributed by atoms with Crippen molar-refractivity contribution in [2.75, 3.05) is 4.90 Å². The maximum Gasteiger partial charge on any atom is 0.0645 e. The highest BCUT2D eigenvalue weighted by Crippen LogP contribution is 2.42. The molecule has 0 atom stereocenters. The fourth-order valence-corrected chi connectivity index (χ4v) is 5.38. The van der Waals surface area contributed by atoms with Gasteiger partial charge in [0, 0.05) is 16.9 Å². The highest BCUT2D eigenvalue weighted by molar-refractivity contribution is 5.98. The lowest BCUT2D eigenvalue weighted by Gasteiger charge is -2.28. The zero-order valence-corrected chi connectivity index (χ0v) is 22.4. The van der Waals surface area contributed by atoms with Crippen LogP contribution >= 0.6 is 0 Å². The summed E-state index contributed by atoms with van der Waals surface area (Å²) >= 11 is 0. The predicted octanol–water partition coefficient (Wildman–Crippen LogP) is 11.3. The van der Waals surface area contributed by atoms with Crippen LogP contribution in [-0.2, 0) is 0 Å². The van der Waals surface area contributed by atoms with Crippen LogP contribution in [0.25, 0.3) is 44.2 Å². The standard InChI is InChI=1S/C40H29N/c1-3-13-30(14-4-1)31-25-27-35(28-26-31)41(40-24-10-9-22-39(40)33-15-5-2-6-16-33)36-20-11-19-34(29-36)38-23-12-18-32-17-7-8-21-37(32)38/h1-29H/i25D,26D,27D,28D. The average Bonchev–Trinajstić information content (AvgIpc) is 3.10. The van der Waals surface area contributed by atoms with Crippen LogP contribution in [0, 0.1) is 0 Å². The Kier molecular flexibility index (Phi) is 5.50. The minimum atomic E-state index is -0.103. The van der Waals surface area contributed by atoms with Gasteiger partial charge in [0.25, 0.3) is 0 Å². The molecule has 0 spiro atoms. The van der Waals surface area contributed by atoms with Crippen molar-refractivity contribution < 1.29 is 5.48 Å². The molecule has 0 N–H and O–H groups in total. The zero-order chi connectivity index (χ0) is 30.9. The van der Waals surface area contributed by atoms with Crippen LogP contribution in [-0.4, -0.2) is 0 Å². The number of anilines is 3. The Labute approximate surface area is 247 Å². The van der Waals surface area contributed by atoms with E-state index in [-0.39, 0.29) is 35.4 Å². The third kappa shape index (κ3) is 4.90. The quantitative estimate of drug-likeness (QED) is 0.208. The van der Waals surface area contributed by atoms with Crippen LogP contribution in [0.5, 0.6) is 0 Å². The van der Waals surface area contributed by atoms with Crippen molar-refractivity contribution in [3.8, 4) is 33.4 Å². The Morgan fingerprint density at radius 1 is 0.390 bits per heavy atom. The van der Waals surface area contributed by atoms with E-state index in [0.29, 0.717) is 5.56 Å². The fraction of sp³-hybridized carbons (Fsp3) is 0. The number of rotatable bonds is 6. The Morgan fingerprint density at radius 2 is 0.976 bits per heavy atom. The summed E-state index contributed by atoms with van der Waals surface area (Å²) in [6, 6.07) is 49.4. The number of fused-ring (bicyclic) bond motifs is 1. The largest absolute Gasteiger partial charge is 0.310 e. The number of hydrogen-bond acceptors (Lipinski definition) is 1. The molecule has 0 amide bonds. The van der Waals surface area contributed by atoms with E-state index in [2.05, 4.69) is 42.5 Å². The molecular formula is C40H29N. The second-order valence-corrected chi connectivity index (χ2v) is 9.89. The Morgan fingerprint density at radius 3 is 1.78 bits per heavy atom. The summed E-state index contributed by atoms with van der Waals surface area (Å²) in [6.07, 6.45) is 0. The van der Waals surface area contributed by atoms with Crippen LogP contribution in [0.15, 0.2) is 176 Å². The van der Waals surface area contributed by atoms with Crippen LogP contribution < -0.4 is 4.90 Å². The minimum absolute atomic E-state index is 0.0791. The second kappa shape index (κ2) is 11.0. The topological polar surface area (TPSA) is 3.24 Å². The van der Waals surface area contributed by atoms with E-state index in [9.17, 15) is 2.74 Å². The predicted molar refractivity (Wildman–Crippen MR) is 175 cm³/mol. The van der Waals surface area contributed by atoms with Gasteiger partial charge < -0.3 is 4.90 Å². The normalized spacial score (nSPS) is 12.3. The molecule has 7 rings (SSSR count). The molecule has 1 nitrogen and oxygen atoms in total. The summed E-state index contributed by atoms with van der Waals surface area (Å²) in [4.78, 5) is 1.88. The van der Waals surface area contributed by atoms with E-state index in [4.69, 9.17) is 2.74 Å². The summed E-state index contributed by atoms with van der Waals surface area (Å²) in [7, 11) is 0. The Hall–Kier alpha value is -5.40. The summed E-state index contributed by atoms with van der Waals surface area (Å²) in [5, 5.41) is 2.27. The molecule has 0 aliphatic carbocycles. The van der Waals surface area contributed by atoms with Gasteiger partial charge >= 0.3 is 0 Å². The number of benzene rings is 7. The average molecular weight is 528 g/mol. The third-order valence-electron chi connectivity index (χ3n) is 7.33. The molecule has 0 fully saturated rings. The van der Waals surface area contributed by atoms with E-state index in [1.165, 1.54) is 0 Å². The van der Waals surface area contributed by atoms with Crippen molar-refractivity contribution in [1.82, 2.24) is 0 Å². The minimum Gasteiger partial charge on any atom is -0.310 e. The molecule has 0 aliphatic heterocycles. The van der Waals surface area contributed by atoms with Gasteiger partial charge in [-0.1, -0.05) is 146 Å².